The molecule has 1 unspecified atom stereocenters. The Kier molecular flexibility index (Phi) is 5.66. The fourth-order valence-electron chi connectivity index (χ4n) is 2.05. The van der Waals surface area contributed by atoms with E-state index in [0.29, 0.717) is 13.2 Å². The number of furan rings is 1. The van der Waals surface area contributed by atoms with Crippen molar-refractivity contribution in [3.8, 4) is 11.5 Å². The third kappa shape index (κ3) is 5.13. The Morgan fingerprint density at radius 3 is 2.67 bits per heavy atom. The second-order valence-electron chi connectivity index (χ2n) is 4.94. The van der Waals surface area contributed by atoms with Crippen molar-refractivity contribution in [1.29, 1.82) is 0 Å². The van der Waals surface area contributed by atoms with Crippen LogP contribution in [0.2, 0.25) is 0 Å². The van der Waals surface area contributed by atoms with E-state index < -0.39 is 0 Å². The summed E-state index contributed by atoms with van der Waals surface area (Å²) in [7, 11) is 0. The fourth-order valence-corrected chi connectivity index (χ4v) is 2.05. The molecule has 2 aromatic rings. The molecule has 5 nitrogen and oxygen atoms in total. The third-order valence-corrected chi connectivity index (χ3v) is 3.17. The van der Waals surface area contributed by atoms with E-state index in [4.69, 9.17) is 9.15 Å². The summed E-state index contributed by atoms with van der Waals surface area (Å²) in [4.78, 5) is 0. The normalized spacial score (nSPS) is 12.4. The molecule has 1 aromatic heterocycles. The topological polar surface area (TPSA) is 74.9 Å². The average Bonchev–Trinajstić information content (AvgIpc) is 2.94. The van der Waals surface area contributed by atoms with Gasteiger partial charge in [-0.3, -0.25) is 0 Å². The lowest BCUT2D eigenvalue weighted by molar-refractivity contribution is 0.104. The van der Waals surface area contributed by atoms with E-state index in [2.05, 4.69) is 5.32 Å². The zero-order chi connectivity index (χ0) is 15.1. The van der Waals surface area contributed by atoms with Gasteiger partial charge in [0.15, 0.2) is 0 Å². The fraction of sp³-hybridized carbons (Fsp3) is 0.375. The van der Waals surface area contributed by atoms with Gasteiger partial charge >= 0.3 is 0 Å². The summed E-state index contributed by atoms with van der Waals surface area (Å²) in [5.41, 5.74) is 0.851. The maximum atomic E-state index is 9.46. The minimum atomic E-state index is 0.0491. The standard InChI is InChI=1S/C16H21NO4/c1-12(13-8-14(18)10-15(19)9-13)17-5-3-6-20-11-16-4-2-7-21-16/h2,4,7-10,12,17-19H,3,5-6,11H2,1H3. The van der Waals surface area contributed by atoms with Gasteiger partial charge in [-0.15, -0.1) is 0 Å². The maximum Gasteiger partial charge on any atom is 0.129 e. The van der Waals surface area contributed by atoms with Crippen molar-refractivity contribution >= 4 is 0 Å². The molecule has 0 aliphatic heterocycles. The largest absolute Gasteiger partial charge is 0.508 e. The first-order valence-corrected chi connectivity index (χ1v) is 7.01. The van der Waals surface area contributed by atoms with Crippen molar-refractivity contribution in [2.75, 3.05) is 13.2 Å². The lowest BCUT2D eigenvalue weighted by atomic mass is 10.1. The van der Waals surface area contributed by atoms with Crippen LogP contribution in [0.1, 0.15) is 30.7 Å². The molecule has 1 atom stereocenters. The van der Waals surface area contributed by atoms with Crippen LogP contribution < -0.4 is 5.32 Å². The smallest absolute Gasteiger partial charge is 0.129 e. The van der Waals surface area contributed by atoms with Crippen molar-refractivity contribution in [3.63, 3.8) is 0 Å². The van der Waals surface area contributed by atoms with Crippen molar-refractivity contribution in [2.24, 2.45) is 0 Å². The van der Waals surface area contributed by atoms with E-state index in [1.165, 1.54) is 6.07 Å². The highest BCUT2D eigenvalue weighted by molar-refractivity contribution is 5.37. The monoisotopic (exact) mass is 291 g/mol. The first kappa shape index (κ1) is 15.4. The Hall–Kier alpha value is -1.98. The minimum absolute atomic E-state index is 0.0491. The van der Waals surface area contributed by atoms with Crippen molar-refractivity contribution in [2.45, 2.75) is 26.0 Å². The molecule has 0 radical (unpaired) electrons. The molecule has 0 amide bonds. The van der Waals surface area contributed by atoms with Crippen LogP contribution in [0.4, 0.5) is 0 Å². The Morgan fingerprint density at radius 1 is 1.24 bits per heavy atom. The van der Waals surface area contributed by atoms with Gasteiger partial charge in [0.1, 0.15) is 23.9 Å². The van der Waals surface area contributed by atoms with Gasteiger partial charge < -0.3 is 24.7 Å². The number of ether oxygens (including phenoxy) is 1. The van der Waals surface area contributed by atoms with Gasteiger partial charge in [0.2, 0.25) is 0 Å². The van der Waals surface area contributed by atoms with Gasteiger partial charge in [0.05, 0.1) is 6.26 Å². The van der Waals surface area contributed by atoms with E-state index in [1.54, 1.807) is 18.4 Å². The minimum Gasteiger partial charge on any atom is -0.508 e. The summed E-state index contributed by atoms with van der Waals surface area (Å²) in [5.74, 6) is 0.965. The predicted molar refractivity (Wildman–Crippen MR) is 79.2 cm³/mol. The van der Waals surface area contributed by atoms with Gasteiger partial charge in [-0.2, -0.15) is 0 Å². The number of hydrogen-bond donors (Lipinski definition) is 3. The summed E-state index contributed by atoms with van der Waals surface area (Å²) >= 11 is 0. The zero-order valence-electron chi connectivity index (χ0n) is 12.1. The molecule has 0 fully saturated rings. The molecule has 114 valence electrons. The maximum absolute atomic E-state index is 9.46. The van der Waals surface area contributed by atoms with Crippen LogP contribution in [0.15, 0.2) is 41.0 Å². The number of hydrogen-bond acceptors (Lipinski definition) is 5. The first-order valence-electron chi connectivity index (χ1n) is 7.01. The molecule has 0 bridgehead atoms. The van der Waals surface area contributed by atoms with Crippen LogP contribution in [-0.2, 0) is 11.3 Å². The Balaban J connectivity index is 1.63. The van der Waals surface area contributed by atoms with Gasteiger partial charge in [0.25, 0.3) is 0 Å². The lowest BCUT2D eigenvalue weighted by Gasteiger charge is -2.15. The molecule has 1 heterocycles. The van der Waals surface area contributed by atoms with Gasteiger partial charge in [-0.1, -0.05) is 0 Å². The van der Waals surface area contributed by atoms with Gasteiger partial charge in [0, 0.05) is 18.7 Å². The van der Waals surface area contributed by atoms with Crippen molar-refractivity contribution in [1.82, 2.24) is 5.32 Å². The second-order valence-corrected chi connectivity index (χ2v) is 4.94. The summed E-state index contributed by atoms with van der Waals surface area (Å²) in [6.45, 7) is 3.91. The van der Waals surface area contributed by atoms with E-state index >= 15 is 0 Å². The molecule has 5 heteroatoms. The highest BCUT2D eigenvalue weighted by Crippen LogP contribution is 2.24. The highest BCUT2D eigenvalue weighted by atomic mass is 16.5. The Morgan fingerprint density at radius 2 is 2.00 bits per heavy atom. The average molecular weight is 291 g/mol. The van der Waals surface area contributed by atoms with E-state index in [-0.39, 0.29) is 17.5 Å². The summed E-state index contributed by atoms with van der Waals surface area (Å²) in [5, 5.41) is 22.2. The van der Waals surface area contributed by atoms with Crippen molar-refractivity contribution in [3.05, 3.63) is 47.9 Å². The molecule has 21 heavy (non-hydrogen) atoms. The number of phenolic OH excluding ortho intramolecular Hbond substituents is 2. The quantitative estimate of drug-likeness (QED) is 0.652. The number of phenols is 2. The van der Waals surface area contributed by atoms with Gasteiger partial charge in [-0.05, 0) is 49.7 Å². The molecule has 3 N–H and O–H groups in total. The summed E-state index contributed by atoms with van der Waals surface area (Å²) < 4.78 is 10.7. The third-order valence-electron chi connectivity index (χ3n) is 3.17. The van der Waals surface area contributed by atoms with Crippen LogP contribution in [0.25, 0.3) is 0 Å². The zero-order valence-corrected chi connectivity index (χ0v) is 12.1. The van der Waals surface area contributed by atoms with E-state index in [0.717, 1.165) is 24.3 Å². The van der Waals surface area contributed by atoms with Crippen LogP contribution in [0.5, 0.6) is 11.5 Å². The molecule has 0 aliphatic rings. The molecule has 0 saturated carbocycles. The summed E-state index contributed by atoms with van der Waals surface area (Å²) in [6, 6.07) is 8.38. The number of benzene rings is 1. The molecular formula is C16H21NO4. The predicted octanol–water partition coefficient (Wildman–Crippen LogP) is 2.95. The van der Waals surface area contributed by atoms with E-state index in [1.807, 2.05) is 19.1 Å². The number of rotatable bonds is 8. The molecule has 2 rings (SSSR count). The number of aromatic hydroxyl groups is 2. The lowest BCUT2D eigenvalue weighted by Crippen LogP contribution is -2.20. The molecule has 1 aromatic carbocycles. The molecular weight excluding hydrogens is 270 g/mol. The molecule has 0 aliphatic carbocycles. The van der Waals surface area contributed by atoms with Gasteiger partial charge in [-0.25, -0.2) is 0 Å². The van der Waals surface area contributed by atoms with Crippen LogP contribution in [-0.4, -0.2) is 23.4 Å². The molecule has 0 spiro atoms. The SMILES string of the molecule is CC(NCCCOCc1ccco1)c1cc(O)cc(O)c1. The van der Waals surface area contributed by atoms with Crippen LogP contribution >= 0.6 is 0 Å². The van der Waals surface area contributed by atoms with Crippen LogP contribution in [0, 0.1) is 0 Å². The Labute approximate surface area is 124 Å². The highest BCUT2D eigenvalue weighted by Gasteiger charge is 2.07. The van der Waals surface area contributed by atoms with Crippen molar-refractivity contribution < 1.29 is 19.4 Å². The first-order chi connectivity index (χ1) is 10.1. The van der Waals surface area contributed by atoms with Crippen LogP contribution in [0.3, 0.4) is 0 Å². The molecule has 0 saturated heterocycles. The number of nitrogens with one attached hydrogen (secondary N) is 1. The summed E-state index contributed by atoms with van der Waals surface area (Å²) in [6.07, 6.45) is 2.50. The Bertz CT molecular complexity index is 519. The van der Waals surface area contributed by atoms with E-state index in [9.17, 15) is 10.2 Å². The second kappa shape index (κ2) is 7.71.